The number of carbonyl (C=O) groups is 3. The van der Waals surface area contributed by atoms with E-state index in [2.05, 4.69) is 51.2 Å². The average molecular weight is 821 g/mol. The van der Waals surface area contributed by atoms with Crippen LogP contribution >= 0.6 is 0 Å². The van der Waals surface area contributed by atoms with Crippen molar-refractivity contribution < 1.29 is 28.6 Å². The van der Waals surface area contributed by atoms with Gasteiger partial charge in [-0.15, -0.1) is 0 Å². The van der Waals surface area contributed by atoms with E-state index in [4.69, 9.17) is 14.2 Å². The zero-order valence-corrected chi connectivity index (χ0v) is 38.2. The molecule has 1 unspecified atom stereocenters. The van der Waals surface area contributed by atoms with Crippen molar-refractivity contribution in [2.75, 3.05) is 13.2 Å². The van der Waals surface area contributed by atoms with Crippen molar-refractivity contribution in [2.45, 2.75) is 219 Å². The lowest BCUT2D eigenvalue weighted by atomic mass is 10.0. The molecule has 0 fully saturated rings. The summed E-state index contributed by atoms with van der Waals surface area (Å²) in [6, 6.07) is 0. The number of allylic oxidation sites excluding steroid dienone is 14. The molecule has 0 heterocycles. The summed E-state index contributed by atoms with van der Waals surface area (Å²) in [6.45, 7) is 6.38. The van der Waals surface area contributed by atoms with Crippen LogP contribution in [0.5, 0.6) is 0 Å². The van der Waals surface area contributed by atoms with Gasteiger partial charge in [0, 0.05) is 19.3 Å². The van der Waals surface area contributed by atoms with Gasteiger partial charge in [0.2, 0.25) is 0 Å². The van der Waals surface area contributed by atoms with E-state index in [1.807, 2.05) is 54.7 Å². The van der Waals surface area contributed by atoms with Crippen LogP contribution in [0.2, 0.25) is 0 Å². The summed E-state index contributed by atoms with van der Waals surface area (Å²) in [5, 5.41) is 0. The van der Waals surface area contributed by atoms with E-state index < -0.39 is 12.1 Å². The van der Waals surface area contributed by atoms with Gasteiger partial charge in [-0.3, -0.25) is 14.4 Å². The van der Waals surface area contributed by atoms with Crippen LogP contribution in [0.25, 0.3) is 0 Å². The number of esters is 3. The van der Waals surface area contributed by atoms with Crippen LogP contribution in [0.4, 0.5) is 0 Å². The van der Waals surface area contributed by atoms with Gasteiger partial charge in [-0.2, -0.15) is 0 Å². The average Bonchev–Trinajstić information content (AvgIpc) is 3.23. The summed E-state index contributed by atoms with van der Waals surface area (Å²) in [5.41, 5.74) is 0. The molecule has 0 bridgehead atoms. The summed E-state index contributed by atoms with van der Waals surface area (Å²) >= 11 is 0. The lowest BCUT2D eigenvalue weighted by molar-refractivity contribution is -0.166. The van der Waals surface area contributed by atoms with E-state index in [-0.39, 0.29) is 31.6 Å². The predicted molar refractivity (Wildman–Crippen MR) is 251 cm³/mol. The van der Waals surface area contributed by atoms with Crippen molar-refractivity contribution in [1.82, 2.24) is 0 Å². The molecule has 0 N–H and O–H groups in total. The molecule has 6 nitrogen and oxygen atoms in total. The normalized spacial score (nSPS) is 12.8. The Labute approximate surface area is 363 Å². The van der Waals surface area contributed by atoms with Gasteiger partial charge in [0.25, 0.3) is 0 Å². The highest BCUT2D eigenvalue weighted by molar-refractivity contribution is 5.71. The molecule has 0 aliphatic heterocycles. The third-order valence-corrected chi connectivity index (χ3v) is 10.0. The Hall–Kier alpha value is -3.41. The maximum atomic E-state index is 12.7. The fraction of sp³-hybridized carbons (Fsp3) is 0.679. The summed E-state index contributed by atoms with van der Waals surface area (Å²) in [5.74, 6) is -1.03. The summed E-state index contributed by atoms with van der Waals surface area (Å²) in [4.78, 5) is 37.8. The number of hydrogen-bond donors (Lipinski definition) is 0. The lowest BCUT2D eigenvalue weighted by Crippen LogP contribution is -2.30. The van der Waals surface area contributed by atoms with E-state index in [1.165, 1.54) is 103 Å². The fourth-order valence-corrected chi connectivity index (χ4v) is 6.40. The van der Waals surface area contributed by atoms with E-state index in [0.29, 0.717) is 19.3 Å². The fourth-order valence-electron chi connectivity index (χ4n) is 6.40. The molecular weight excluding hydrogens is 733 g/mol. The highest BCUT2D eigenvalue weighted by Gasteiger charge is 2.19. The lowest BCUT2D eigenvalue weighted by Gasteiger charge is -2.18. The standard InChI is InChI=1S/C53H88O6/c1-4-7-10-13-16-19-22-25-26-29-31-34-37-40-43-46-52(55)58-49-50(59-53(56)47-44-41-38-35-32-28-24-21-18-15-12-9-6-3)48-57-51(54)45-42-39-36-33-30-27-23-20-17-14-11-8-5-2/h7,10,13,16,19,22,25-26,28-29,31-32,38,41,50H,4-6,8-9,11-12,14-15,17-18,20-21,23-24,27,30,33-37,39-40,42-49H2,1-3H3/b10-7+,16-13+,22-19+,26-25+,31-29+,32-28+,41-38+. The van der Waals surface area contributed by atoms with Crippen LogP contribution in [-0.2, 0) is 28.6 Å². The zero-order valence-electron chi connectivity index (χ0n) is 38.2. The smallest absolute Gasteiger partial charge is 0.306 e. The molecule has 0 aliphatic rings. The van der Waals surface area contributed by atoms with E-state index in [1.54, 1.807) is 0 Å². The molecule has 0 aromatic carbocycles. The van der Waals surface area contributed by atoms with Crippen LogP contribution in [-0.4, -0.2) is 37.2 Å². The predicted octanol–water partition coefficient (Wildman–Crippen LogP) is 15.6. The number of ether oxygens (including phenoxy) is 3. The number of rotatable bonds is 42. The Kier molecular flexibility index (Phi) is 44.5. The molecule has 0 saturated heterocycles. The summed E-state index contributed by atoms with van der Waals surface area (Å²) in [7, 11) is 0. The molecule has 0 aromatic rings. The van der Waals surface area contributed by atoms with Crippen LogP contribution in [0.1, 0.15) is 213 Å². The van der Waals surface area contributed by atoms with Crippen LogP contribution in [0.3, 0.4) is 0 Å². The first-order chi connectivity index (χ1) is 29.0. The molecule has 336 valence electrons. The van der Waals surface area contributed by atoms with Gasteiger partial charge in [0.15, 0.2) is 6.10 Å². The van der Waals surface area contributed by atoms with Crippen molar-refractivity contribution in [1.29, 1.82) is 0 Å². The summed E-state index contributed by atoms with van der Waals surface area (Å²) < 4.78 is 16.6. The van der Waals surface area contributed by atoms with Crippen molar-refractivity contribution >= 4 is 17.9 Å². The van der Waals surface area contributed by atoms with Crippen LogP contribution in [0.15, 0.2) is 85.1 Å². The second kappa shape index (κ2) is 47.3. The monoisotopic (exact) mass is 821 g/mol. The second-order valence-corrected chi connectivity index (χ2v) is 15.8. The third-order valence-electron chi connectivity index (χ3n) is 10.0. The van der Waals surface area contributed by atoms with Gasteiger partial charge in [-0.25, -0.2) is 0 Å². The van der Waals surface area contributed by atoms with Gasteiger partial charge < -0.3 is 14.2 Å². The van der Waals surface area contributed by atoms with Gasteiger partial charge in [0.1, 0.15) is 13.2 Å². The second-order valence-electron chi connectivity index (χ2n) is 15.8. The molecule has 0 aromatic heterocycles. The minimum Gasteiger partial charge on any atom is -0.462 e. The van der Waals surface area contributed by atoms with E-state index in [0.717, 1.165) is 64.2 Å². The van der Waals surface area contributed by atoms with Gasteiger partial charge in [-0.1, -0.05) is 221 Å². The van der Waals surface area contributed by atoms with Crippen molar-refractivity contribution in [3.05, 3.63) is 85.1 Å². The van der Waals surface area contributed by atoms with Crippen LogP contribution < -0.4 is 0 Å². The Bertz CT molecular complexity index is 1170. The minimum absolute atomic E-state index is 0.112. The SMILES string of the molecule is CC/C=C/C=C/C=C/C=C/C=C/CCCCCC(=O)OCC(COC(=O)CCCCCCCCCCCCCCC)OC(=O)CC/C=C/C/C=C/CCCCCCCC. The van der Waals surface area contributed by atoms with Gasteiger partial charge in [-0.05, 0) is 57.8 Å². The first-order valence-corrected chi connectivity index (χ1v) is 24.2. The maximum absolute atomic E-state index is 12.7. The molecule has 0 radical (unpaired) electrons. The highest BCUT2D eigenvalue weighted by Crippen LogP contribution is 2.14. The number of unbranched alkanes of at least 4 members (excludes halogenated alkanes) is 21. The van der Waals surface area contributed by atoms with Crippen LogP contribution in [0, 0.1) is 0 Å². The molecule has 0 saturated carbocycles. The first-order valence-electron chi connectivity index (χ1n) is 24.2. The van der Waals surface area contributed by atoms with Crippen molar-refractivity contribution in [2.24, 2.45) is 0 Å². The Morgan fingerprint density at radius 2 is 0.763 bits per heavy atom. The van der Waals surface area contributed by atoms with Crippen molar-refractivity contribution in [3.8, 4) is 0 Å². The maximum Gasteiger partial charge on any atom is 0.306 e. The highest BCUT2D eigenvalue weighted by atomic mass is 16.6. The molecule has 0 spiro atoms. The largest absolute Gasteiger partial charge is 0.462 e. The molecule has 0 aliphatic carbocycles. The Morgan fingerprint density at radius 1 is 0.373 bits per heavy atom. The van der Waals surface area contributed by atoms with Crippen molar-refractivity contribution in [3.63, 3.8) is 0 Å². The zero-order chi connectivity index (χ0) is 43.0. The summed E-state index contributed by atoms with van der Waals surface area (Å²) in [6.07, 6.45) is 60.0. The molecule has 1 atom stereocenters. The Morgan fingerprint density at radius 3 is 1.25 bits per heavy atom. The molecular formula is C53H88O6. The molecule has 0 amide bonds. The molecule has 59 heavy (non-hydrogen) atoms. The Balaban J connectivity index is 4.53. The minimum atomic E-state index is -0.821. The van der Waals surface area contributed by atoms with Gasteiger partial charge in [0.05, 0.1) is 0 Å². The third kappa shape index (κ3) is 45.5. The quantitative estimate of drug-likeness (QED) is 0.0201. The van der Waals surface area contributed by atoms with Gasteiger partial charge >= 0.3 is 17.9 Å². The first kappa shape index (κ1) is 55.6. The molecule has 0 rings (SSSR count). The number of hydrogen-bond acceptors (Lipinski definition) is 6. The van der Waals surface area contributed by atoms with E-state index in [9.17, 15) is 14.4 Å². The number of carbonyl (C=O) groups excluding carboxylic acids is 3. The van der Waals surface area contributed by atoms with E-state index >= 15 is 0 Å². The molecule has 6 heteroatoms. The topological polar surface area (TPSA) is 78.9 Å².